The molecule has 1 aliphatic heterocycles. The van der Waals surface area contributed by atoms with Gasteiger partial charge in [-0.15, -0.1) is 0 Å². The van der Waals surface area contributed by atoms with E-state index < -0.39 is 42.0 Å². The summed E-state index contributed by atoms with van der Waals surface area (Å²) in [6.07, 6.45) is 5.78. The second-order valence-corrected chi connectivity index (χ2v) is 11.0. The average Bonchev–Trinajstić information content (AvgIpc) is 3.60. The highest BCUT2D eigenvalue weighted by Gasteiger charge is 2.38. The van der Waals surface area contributed by atoms with Crippen molar-refractivity contribution in [3.8, 4) is 0 Å². The first-order chi connectivity index (χ1) is 19.6. The van der Waals surface area contributed by atoms with Crippen LogP contribution in [0.3, 0.4) is 0 Å². The number of nitrogens with zero attached hydrogens (tertiary/aromatic N) is 2. The van der Waals surface area contributed by atoms with E-state index in [9.17, 15) is 24.3 Å². The van der Waals surface area contributed by atoms with E-state index in [1.54, 1.807) is 18.0 Å². The number of H-pyrrole nitrogens is 1. The SMILES string of the molecule is CSCCC(N)C(=O)N1CCCC1C(=O)NC(Cc1c[nH]c2ccccc12)C(=O)NC(CCCN=C(N)N)C(=O)O. The highest BCUT2D eigenvalue weighted by atomic mass is 32.2. The summed E-state index contributed by atoms with van der Waals surface area (Å²) in [5.41, 5.74) is 18.4. The lowest BCUT2D eigenvalue weighted by Gasteiger charge is -2.28. The number of carboxylic acid groups (broad SMARTS) is 1. The summed E-state index contributed by atoms with van der Waals surface area (Å²) in [7, 11) is 0. The van der Waals surface area contributed by atoms with Gasteiger partial charge in [0, 0.05) is 36.6 Å². The first kappa shape index (κ1) is 31.7. The Hall–Kier alpha value is -3.78. The first-order valence-electron chi connectivity index (χ1n) is 13.6. The monoisotopic (exact) mass is 588 g/mol. The number of aromatic amines is 1. The van der Waals surface area contributed by atoms with Crippen LogP contribution in [-0.4, -0.2) is 93.9 Å². The van der Waals surface area contributed by atoms with Gasteiger partial charge in [-0.05, 0) is 55.7 Å². The van der Waals surface area contributed by atoms with E-state index in [1.165, 1.54) is 4.90 Å². The van der Waals surface area contributed by atoms with Crippen molar-refractivity contribution in [2.75, 3.05) is 25.1 Å². The number of amides is 3. The third-order valence-corrected chi connectivity index (χ3v) is 7.72. The molecule has 0 saturated carbocycles. The van der Waals surface area contributed by atoms with Gasteiger partial charge in [0.1, 0.15) is 18.1 Å². The van der Waals surface area contributed by atoms with Crippen molar-refractivity contribution in [2.24, 2.45) is 22.2 Å². The molecule has 1 aliphatic rings. The number of thioether (sulfide) groups is 1. The molecule has 14 heteroatoms. The Morgan fingerprint density at radius 1 is 1.17 bits per heavy atom. The molecule has 3 amide bonds. The van der Waals surface area contributed by atoms with Gasteiger partial charge in [0.15, 0.2) is 5.96 Å². The number of likely N-dealkylation sites (tertiary alicyclic amines) is 1. The number of aliphatic imine (C=N–C) groups is 1. The van der Waals surface area contributed by atoms with Crippen molar-refractivity contribution < 1.29 is 24.3 Å². The quantitative estimate of drug-likeness (QED) is 0.0836. The zero-order valence-electron chi connectivity index (χ0n) is 23.2. The van der Waals surface area contributed by atoms with Gasteiger partial charge in [-0.25, -0.2) is 4.79 Å². The molecule has 0 bridgehead atoms. The molecule has 2 heterocycles. The third-order valence-electron chi connectivity index (χ3n) is 7.08. The van der Waals surface area contributed by atoms with Gasteiger partial charge in [0.25, 0.3) is 0 Å². The summed E-state index contributed by atoms with van der Waals surface area (Å²) >= 11 is 1.59. The topological polar surface area (TPSA) is 222 Å². The van der Waals surface area contributed by atoms with Gasteiger partial charge in [-0.2, -0.15) is 11.8 Å². The molecular formula is C27H40N8O5S. The molecule has 0 spiro atoms. The Balaban J connectivity index is 1.78. The van der Waals surface area contributed by atoms with E-state index in [0.29, 0.717) is 32.2 Å². The normalized spacial score (nSPS) is 17.0. The molecule has 41 heavy (non-hydrogen) atoms. The molecule has 1 aromatic heterocycles. The number of aromatic nitrogens is 1. The lowest BCUT2D eigenvalue weighted by atomic mass is 10.0. The maximum absolute atomic E-state index is 13.5. The van der Waals surface area contributed by atoms with Gasteiger partial charge in [-0.3, -0.25) is 19.4 Å². The minimum Gasteiger partial charge on any atom is -0.480 e. The van der Waals surface area contributed by atoms with Crippen molar-refractivity contribution in [1.82, 2.24) is 20.5 Å². The number of para-hydroxylation sites is 1. The van der Waals surface area contributed by atoms with E-state index in [-0.39, 0.29) is 31.3 Å². The molecule has 1 aromatic carbocycles. The Labute approximate surface area is 243 Å². The summed E-state index contributed by atoms with van der Waals surface area (Å²) < 4.78 is 0. The van der Waals surface area contributed by atoms with Crippen molar-refractivity contribution in [3.63, 3.8) is 0 Å². The van der Waals surface area contributed by atoms with Crippen molar-refractivity contribution in [3.05, 3.63) is 36.0 Å². The van der Waals surface area contributed by atoms with Crippen LogP contribution < -0.4 is 27.8 Å². The molecule has 10 N–H and O–H groups in total. The number of guanidine groups is 1. The maximum atomic E-state index is 13.5. The second-order valence-electron chi connectivity index (χ2n) is 10.1. The highest BCUT2D eigenvalue weighted by molar-refractivity contribution is 7.98. The molecule has 224 valence electrons. The van der Waals surface area contributed by atoms with Crippen LogP contribution in [0, 0.1) is 0 Å². The minimum absolute atomic E-state index is 0.0877. The lowest BCUT2D eigenvalue weighted by Crippen LogP contribution is -2.57. The van der Waals surface area contributed by atoms with Crippen LogP contribution in [0.2, 0.25) is 0 Å². The summed E-state index contributed by atoms with van der Waals surface area (Å²) in [5, 5.41) is 16.0. The van der Waals surface area contributed by atoms with Crippen LogP contribution in [0.25, 0.3) is 10.9 Å². The predicted octanol–water partition coefficient (Wildman–Crippen LogP) is -0.110. The standard InChI is InChI=1S/C27H40N8O5S/c1-41-13-10-18(28)25(38)35-12-5-9-22(35)24(37)34-21(14-16-15-32-19-7-3-2-6-17(16)19)23(36)33-20(26(39)40)8-4-11-31-27(29)30/h2-3,6-7,15,18,20-22,32H,4-5,8-14,28H2,1H3,(H,33,36)(H,34,37)(H,39,40)(H4,29,30,31). The molecule has 3 rings (SSSR count). The predicted molar refractivity (Wildman–Crippen MR) is 159 cm³/mol. The molecule has 4 unspecified atom stereocenters. The fraction of sp³-hybridized carbons (Fsp3) is 0.519. The number of nitrogens with one attached hydrogen (secondary N) is 3. The van der Waals surface area contributed by atoms with Crippen molar-refractivity contribution >= 4 is 52.3 Å². The maximum Gasteiger partial charge on any atom is 0.326 e. The van der Waals surface area contributed by atoms with Crippen LogP contribution in [0.5, 0.6) is 0 Å². The van der Waals surface area contributed by atoms with Gasteiger partial charge in [0.2, 0.25) is 17.7 Å². The average molecular weight is 589 g/mol. The summed E-state index contributed by atoms with van der Waals surface area (Å²) in [4.78, 5) is 60.4. The Bertz CT molecular complexity index is 1250. The third kappa shape index (κ3) is 8.85. The van der Waals surface area contributed by atoms with E-state index in [1.807, 2.05) is 30.5 Å². The number of nitrogens with two attached hydrogens (primary N) is 3. The molecule has 0 radical (unpaired) electrons. The number of carboxylic acids is 1. The van der Waals surface area contributed by atoms with Crippen LogP contribution in [0.1, 0.15) is 37.7 Å². The zero-order valence-corrected chi connectivity index (χ0v) is 24.0. The van der Waals surface area contributed by atoms with E-state index in [4.69, 9.17) is 17.2 Å². The van der Waals surface area contributed by atoms with Gasteiger partial charge >= 0.3 is 5.97 Å². The molecule has 1 saturated heterocycles. The number of benzene rings is 1. The molecule has 13 nitrogen and oxygen atoms in total. The molecular weight excluding hydrogens is 548 g/mol. The van der Waals surface area contributed by atoms with E-state index in [0.717, 1.165) is 22.2 Å². The number of carbonyl (C=O) groups is 4. The van der Waals surface area contributed by atoms with Crippen LogP contribution in [-0.2, 0) is 25.6 Å². The largest absolute Gasteiger partial charge is 0.480 e. The van der Waals surface area contributed by atoms with E-state index in [2.05, 4.69) is 20.6 Å². The van der Waals surface area contributed by atoms with Crippen molar-refractivity contribution in [1.29, 1.82) is 0 Å². The number of hydrogen-bond donors (Lipinski definition) is 7. The second kappa shape index (κ2) is 15.3. The highest BCUT2D eigenvalue weighted by Crippen LogP contribution is 2.22. The van der Waals surface area contributed by atoms with E-state index >= 15 is 0 Å². The van der Waals surface area contributed by atoms with Gasteiger partial charge in [-0.1, -0.05) is 18.2 Å². The zero-order chi connectivity index (χ0) is 29.9. The summed E-state index contributed by atoms with van der Waals surface area (Å²) in [6.45, 7) is 0.613. The molecule has 0 aliphatic carbocycles. The Kier molecular flexibility index (Phi) is 11.8. The summed E-state index contributed by atoms with van der Waals surface area (Å²) in [6, 6.07) is 3.76. The molecule has 1 fully saturated rings. The lowest BCUT2D eigenvalue weighted by molar-refractivity contribution is -0.143. The van der Waals surface area contributed by atoms with Crippen LogP contribution in [0.15, 0.2) is 35.5 Å². The van der Waals surface area contributed by atoms with Crippen molar-refractivity contribution in [2.45, 2.75) is 62.7 Å². The van der Waals surface area contributed by atoms with Crippen LogP contribution >= 0.6 is 11.8 Å². The Morgan fingerprint density at radius 2 is 1.93 bits per heavy atom. The number of hydrogen-bond acceptors (Lipinski definition) is 7. The molecule has 2 aromatic rings. The fourth-order valence-electron chi connectivity index (χ4n) is 4.92. The Morgan fingerprint density at radius 3 is 2.63 bits per heavy atom. The number of aliphatic carboxylic acids is 1. The first-order valence-corrected chi connectivity index (χ1v) is 15.0. The van der Waals surface area contributed by atoms with Gasteiger partial charge < -0.3 is 42.8 Å². The smallest absolute Gasteiger partial charge is 0.326 e. The number of rotatable bonds is 15. The van der Waals surface area contributed by atoms with Crippen LogP contribution in [0.4, 0.5) is 0 Å². The number of carbonyl (C=O) groups excluding carboxylic acids is 3. The summed E-state index contributed by atoms with van der Waals surface area (Å²) in [5.74, 6) is -2.01. The molecule has 4 atom stereocenters. The number of fused-ring (bicyclic) bond motifs is 1. The minimum atomic E-state index is -1.22. The fourth-order valence-corrected chi connectivity index (χ4v) is 5.40. The van der Waals surface area contributed by atoms with Gasteiger partial charge in [0.05, 0.1) is 6.04 Å².